The van der Waals surface area contributed by atoms with Crippen LogP contribution in [0.5, 0.6) is 5.75 Å². The molecule has 242 valence electrons. The molecule has 12 heteroatoms. The van der Waals surface area contributed by atoms with E-state index in [2.05, 4.69) is 5.32 Å². The fraction of sp³-hybridized carbons (Fsp3) is 0.235. The summed E-state index contributed by atoms with van der Waals surface area (Å²) in [6.45, 7) is 3.51. The molecule has 1 N–H and O–H groups in total. The maximum Gasteiger partial charge on any atom is 0.264 e. The van der Waals surface area contributed by atoms with Crippen LogP contribution in [0.15, 0.2) is 102 Å². The summed E-state index contributed by atoms with van der Waals surface area (Å²) in [4.78, 5) is 29.1. The molecule has 4 rings (SSSR count). The molecule has 2 amide bonds. The van der Waals surface area contributed by atoms with Gasteiger partial charge in [-0.3, -0.25) is 13.9 Å². The number of likely N-dealkylation sites (N-methyl/N-ethyl adjacent to an activating group) is 1. The standard InChI is InChI=1S/C34H34Cl2FN3O5S/c1-3-38-34(42)32(20-24-8-6-5-7-9-24)39(22-25-10-11-26(35)21-31(25)36)33(41)23-40(28-14-16-29(17-15-28)45-4-2)46(43,44)30-18-12-27(37)13-19-30/h5-19,21,32H,3-4,20,22-23H2,1-2H3,(H,38,42). The smallest absolute Gasteiger partial charge is 0.264 e. The van der Waals surface area contributed by atoms with Crippen LogP contribution in [0.25, 0.3) is 0 Å². The minimum Gasteiger partial charge on any atom is -0.494 e. The van der Waals surface area contributed by atoms with Gasteiger partial charge in [0.1, 0.15) is 24.2 Å². The lowest BCUT2D eigenvalue weighted by Crippen LogP contribution is -2.53. The molecule has 0 spiro atoms. The number of carbonyl (C=O) groups is 2. The lowest BCUT2D eigenvalue weighted by molar-refractivity contribution is -0.140. The third kappa shape index (κ3) is 8.78. The lowest BCUT2D eigenvalue weighted by atomic mass is 10.0. The highest BCUT2D eigenvalue weighted by Crippen LogP contribution is 2.28. The molecule has 1 unspecified atom stereocenters. The van der Waals surface area contributed by atoms with Crippen LogP contribution >= 0.6 is 23.2 Å². The molecule has 0 fully saturated rings. The maximum absolute atomic E-state index is 14.4. The van der Waals surface area contributed by atoms with E-state index < -0.39 is 40.2 Å². The summed E-state index contributed by atoms with van der Waals surface area (Å²) in [5.74, 6) is -1.19. The minimum atomic E-state index is -4.39. The molecule has 0 bridgehead atoms. The van der Waals surface area contributed by atoms with Gasteiger partial charge >= 0.3 is 0 Å². The SMILES string of the molecule is CCNC(=O)C(Cc1ccccc1)N(Cc1ccc(Cl)cc1Cl)C(=O)CN(c1ccc(OCC)cc1)S(=O)(=O)c1ccc(F)cc1. The molecule has 0 saturated heterocycles. The predicted octanol–water partition coefficient (Wildman–Crippen LogP) is 6.50. The van der Waals surface area contributed by atoms with Gasteiger partial charge in [0.2, 0.25) is 11.8 Å². The van der Waals surface area contributed by atoms with E-state index in [1.807, 2.05) is 37.3 Å². The van der Waals surface area contributed by atoms with E-state index in [4.69, 9.17) is 27.9 Å². The Morgan fingerprint density at radius 1 is 0.913 bits per heavy atom. The fourth-order valence-electron chi connectivity index (χ4n) is 4.82. The van der Waals surface area contributed by atoms with Gasteiger partial charge in [-0.1, -0.05) is 59.6 Å². The highest BCUT2D eigenvalue weighted by Gasteiger charge is 2.35. The largest absolute Gasteiger partial charge is 0.494 e. The Morgan fingerprint density at radius 3 is 2.20 bits per heavy atom. The van der Waals surface area contributed by atoms with Crippen molar-refractivity contribution >= 4 is 50.7 Å². The second-order valence-corrected chi connectivity index (χ2v) is 13.0. The van der Waals surface area contributed by atoms with Crippen LogP contribution in [0.1, 0.15) is 25.0 Å². The van der Waals surface area contributed by atoms with Gasteiger partial charge in [-0.05, 0) is 85.6 Å². The van der Waals surface area contributed by atoms with Crippen LogP contribution in [-0.4, -0.2) is 50.9 Å². The Bertz CT molecular complexity index is 1740. The van der Waals surface area contributed by atoms with Crippen molar-refractivity contribution in [1.82, 2.24) is 10.2 Å². The highest BCUT2D eigenvalue weighted by atomic mass is 35.5. The number of benzene rings is 4. The van der Waals surface area contributed by atoms with E-state index in [1.165, 1.54) is 23.1 Å². The number of nitrogens with one attached hydrogen (secondary N) is 1. The van der Waals surface area contributed by atoms with E-state index >= 15 is 0 Å². The topological polar surface area (TPSA) is 96.0 Å². The van der Waals surface area contributed by atoms with Crippen LogP contribution in [0.3, 0.4) is 0 Å². The van der Waals surface area contributed by atoms with Gasteiger partial charge in [0, 0.05) is 29.6 Å². The summed E-state index contributed by atoms with van der Waals surface area (Å²) >= 11 is 12.6. The summed E-state index contributed by atoms with van der Waals surface area (Å²) in [5.41, 5.74) is 1.47. The molecule has 0 aromatic heterocycles. The zero-order valence-corrected chi connectivity index (χ0v) is 27.7. The third-order valence-corrected chi connectivity index (χ3v) is 9.47. The third-order valence-electron chi connectivity index (χ3n) is 7.09. The van der Waals surface area contributed by atoms with Gasteiger partial charge in [-0.15, -0.1) is 0 Å². The highest BCUT2D eigenvalue weighted by molar-refractivity contribution is 7.92. The monoisotopic (exact) mass is 685 g/mol. The second-order valence-electron chi connectivity index (χ2n) is 10.2. The Balaban J connectivity index is 1.81. The average molecular weight is 687 g/mol. The fourth-order valence-corrected chi connectivity index (χ4v) is 6.70. The minimum absolute atomic E-state index is 0.114. The van der Waals surface area contributed by atoms with Gasteiger partial charge < -0.3 is 15.0 Å². The molecule has 0 saturated carbocycles. The summed E-state index contributed by atoms with van der Waals surface area (Å²) in [6.07, 6.45) is 0.150. The molecule has 0 heterocycles. The van der Waals surface area contributed by atoms with Crippen molar-refractivity contribution in [2.24, 2.45) is 0 Å². The summed E-state index contributed by atoms with van der Waals surface area (Å²) in [7, 11) is -4.39. The van der Waals surface area contributed by atoms with Crippen LogP contribution in [0, 0.1) is 5.82 Å². The van der Waals surface area contributed by atoms with Crippen molar-refractivity contribution in [3.63, 3.8) is 0 Å². The Labute approximate surface area is 278 Å². The average Bonchev–Trinajstić information content (AvgIpc) is 3.03. The number of hydrogen-bond acceptors (Lipinski definition) is 5. The number of hydrogen-bond donors (Lipinski definition) is 1. The van der Waals surface area contributed by atoms with Crippen molar-refractivity contribution in [3.8, 4) is 5.75 Å². The lowest BCUT2D eigenvalue weighted by Gasteiger charge is -2.34. The summed E-state index contributed by atoms with van der Waals surface area (Å²) in [5, 5.41) is 3.48. The summed E-state index contributed by atoms with van der Waals surface area (Å²) in [6, 6.07) is 23.5. The van der Waals surface area contributed by atoms with Crippen LogP contribution < -0.4 is 14.4 Å². The van der Waals surface area contributed by atoms with Gasteiger partial charge in [-0.25, -0.2) is 12.8 Å². The van der Waals surface area contributed by atoms with Crippen molar-refractivity contribution in [2.75, 3.05) is 24.0 Å². The molecule has 0 radical (unpaired) electrons. The predicted molar refractivity (Wildman–Crippen MR) is 178 cm³/mol. The van der Waals surface area contributed by atoms with Gasteiger partial charge in [-0.2, -0.15) is 0 Å². The first-order chi connectivity index (χ1) is 22.0. The number of sulfonamides is 1. The molecule has 4 aromatic carbocycles. The molecular weight excluding hydrogens is 652 g/mol. The molecule has 0 aliphatic heterocycles. The zero-order valence-electron chi connectivity index (χ0n) is 25.3. The summed E-state index contributed by atoms with van der Waals surface area (Å²) < 4.78 is 48.3. The molecular formula is C34H34Cl2FN3O5S. The molecule has 0 aliphatic rings. The number of halogens is 3. The molecule has 8 nitrogen and oxygen atoms in total. The number of ether oxygens (including phenoxy) is 1. The van der Waals surface area contributed by atoms with Crippen molar-refractivity contribution in [3.05, 3.63) is 124 Å². The van der Waals surface area contributed by atoms with Crippen LogP contribution in [0.2, 0.25) is 10.0 Å². The van der Waals surface area contributed by atoms with E-state index in [9.17, 15) is 22.4 Å². The van der Waals surface area contributed by atoms with Crippen molar-refractivity contribution in [2.45, 2.75) is 37.8 Å². The van der Waals surface area contributed by atoms with Crippen molar-refractivity contribution < 1.29 is 27.1 Å². The molecule has 4 aromatic rings. The first-order valence-electron chi connectivity index (χ1n) is 14.6. The van der Waals surface area contributed by atoms with E-state index in [-0.39, 0.29) is 28.6 Å². The Hall–Kier alpha value is -4.12. The van der Waals surface area contributed by atoms with E-state index in [0.29, 0.717) is 29.5 Å². The number of carbonyl (C=O) groups excluding carboxylic acids is 2. The number of amides is 2. The quantitative estimate of drug-likeness (QED) is 0.163. The van der Waals surface area contributed by atoms with E-state index in [1.54, 1.807) is 31.2 Å². The number of nitrogens with zero attached hydrogens (tertiary/aromatic N) is 2. The number of rotatable bonds is 14. The first-order valence-corrected chi connectivity index (χ1v) is 16.8. The van der Waals surface area contributed by atoms with Crippen LogP contribution in [0.4, 0.5) is 10.1 Å². The molecule has 1 atom stereocenters. The normalized spacial score (nSPS) is 11.8. The molecule has 46 heavy (non-hydrogen) atoms. The van der Waals surface area contributed by atoms with Gasteiger partial charge in [0.05, 0.1) is 17.2 Å². The first kappa shape index (κ1) is 34.7. The van der Waals surface area contributed by atoms with Crippen molar-refractivity contribution in [1.29, 1.82) is 0 Å². The Morgan fingerprint density at radius 2 is 1.59 bits per heavy atom. The Kier molecular flexibility index (Phi) is 12.0. The maximum atomic E-state index is 14.4. The number of anilines is 1. The second kappa shape index (κ2) is 15.9. The van der Waals surface area contributed by atoms with E-state index in [0.717, 1.165) is 34.1 Å². The molecule has 0 aliphatic carbocycles. The van der Waals surface area contributed by atoms with Gasteiger partial charge in [0.15, 0.2) is 0 Å². The van der Waals surface area contributed by atoms with Crippen LogP contribution in [-0.2, 0) is 32.6 Å². The van der Waals surface area contributed by atoms with Gasteiger partial charge in [0.25, 0.3) is 10.0 Å². The zero-order chi connectivity index (χ0) is 33.3.